The van der Waals surface area contributed by atoms with Gasteiger partial charge in [0.15, 0.2) is 0 Å². The third-order valence-electron chi connectivity index (χ3n) is 2.69. The first-order valence-electron chi connectivity index (χ1n) is 8.17. The highest BCUT2D eigenvalue weighted by Crippen LogP contribution is 2.12. The quantitative estimate of drug-likeness (QED) is 0.289. The van der Waals surface area contributed by atoms with Crippen molar-refractivity contribution in [3.05, 3.63) is 11.9 Å². The Morgan fingerprint density at radius 1 is 1.29 bits per heavy atom. The molecule has 0 atom stereocenters. The van der Waals surface area contributed by atoms with Gasteiger partial charge in [0.05, 0.1) is 11.7 Å². The summed E-state index contributed by atoms with van der Waals surface area (Å²) in [4.78, 5) is 15.6. The molecule has 0 spiro atoms. The number of halogens is 1. The molecule has 0 radical (unpaired) electrons. The average Bonchev–Trinajstić information content (AvgIpc) is 2.34. The van der Waals surface area contributed by atoms with E-state index in [9.17, 15) is 9.18 Å². The molecule has 0 saturated carbocycles. The Hall–Kier alpha value is -1.63. The predicted octanol–water partition coefficient (Wildman–Crippen LogP) is 3.66. The molecule has 0 aliphatic heterocycles. The van der Waals surface area contributed by atoms with E-state index in [-0.39, 0.29) is 12.2 Å². The lowest BCUT2D eigenvalue weighted by Gasteiger charge is -2.28. The summed E-state index contributed by atoms with van der Waals surface area (Å²) in [5.74, 6) is 0.252. The smallest absolute Gasteiger partial charge is 0.409 e. The Bertz CT molecular complexity index is 450. The van der Waals surface area contributed by atoms with Crippen LogP contribution in [-0.2, 0) is 9.47 Å². The first-order valence-corrected chi connectivity index (χ1v) is 8.17. The lowest BCUT2D eigenvalue weighted by atomic mass is 10.2. The summed E-state index contributed by atoms with van der Waals surface area (Å²) in [6.45, 7) is 11.3. The van der Waals surface area contributed by atoms with Crippen LogP contribution in [0.1, 0.15) is 60.8 Å². The largest absolute Gasteiger partial charge is 0.444 e. The zero-order chi connectivity index (χ0) is 18.8. The summed E-state index contributed by atoms with van der Waals surface area (Å²) in [6, 6.07) is 0. The number of aliphatic imine (C=N–C) groups is 1. The Labute approximate surface area is 144 Å². The zero-order valence-corrected chi connectivity index (χ0v) is 15.7. The van der Waals surface area contributed by atoms with Gasteiger partial charge in [-0.2, -0.15) is 0 Å². The van der Waals surface area contributed by atoms with Gasteiger partial charge in [-0.1, -0.05) is 6.08 Å². The molecule has 0 saturated heterocycles. The number of nitrogens with two attached hydrogens (primary N) is 1. The van der Waals surface area contributed by atoms with Crippen LogP contribution in [-0.4, -0.2) is 36.4 Å². The van der Waals surface area contributed by atoms with E-state index in [1.165, 1.54) is 6.08 Å². The molecular weight excluding hydrogens is 313 g/mol. The van der Waals surface area contributed by atoms with Gasteiger partial charge in [0.2, 0.25) is 0 Å². The van der Waals surface area contributed by atoms with Crippen LogP contribution in [0.5, 0.6) is 0 Å². The van der Waals surface area contributed by atoms with Gasteiger partial charge in [-0.15, -0.1) is 0 Å². The first kappa shape index (κ1) is 22.4. The minimum absolute atomic E-state index is 0.203. The number of carbonyl (C=O) groups excluding carboxylic acids is 1. The van der Waals surface area contributed by atoms with Crippen LogP contribution in [0.15, 0.2) is 16.9 Å². The fraction of sp³-hybridized carbons (Fsp3) is 0.765. The Morgan fingerprint density at radius 3 is 2.46 bits per heavy atom. The van der Waals surface area contributed by atoms with Crippen molar-refractivity contribution in [3.63, 3.8) is 0 Å². The minimum atomic E-state index is -0.849. The molecule has 0 rings (SSSR count). The molecule has 0 aromatic heterocycles. The molecule has 3 N–H and O–H groups in total. The van der Waals surface area contributed by atoms with Gasteiger partial charge in [-0.3, -0.25) is 10.3 Å². The summed E-state index contributed by atoms with van der Waals surface area (Å²) in [5.41, 5.74) is 3.97. The Kier molecular flexibility index (Phi) is 9.58. The number of hydrogen-bond acceptors (Lipinski definition) is 4. The molecule has 6 nitrogen and oxygen atoms in total. The van der Waals surface area contributed by atoms with Crippen LogP contribution in [0.2, 0.25) is 0 Å². The van der Waals surface area contributed by atoms with E-state index in [0.29, 0.717) is 31.8 Å². The van der Waals surface area contributed by atoms with E-state index < -0.39 is 17.4 Å². The standard InChI is InChI=1S/C17H32FN3O3/c1-13(19)20-11-10-14(18)9-7-8-12-23-17(5,6)21-15(22)24-16(2,3)4/h9H,7-8,10-12H2,1-6H3,(H2,19,20)(H,21,22)/b14-9+. The van der Waals surface area contributed by atoms with E-state index in [1.807, 2.05) is 0 Å². The number of nitrogens with zero attached hydrogens (tertiary/aromatic N) is 1. The Morgan fingerprint density at radius 2 is 1.92 bits per heavy atom. The molecule has 140 valence electrons. The maximum Gasteiger partial charge on any atom is 0.409 e. The maximum atomic E-state index is 13.5. The molecular formula is C17H32FN3O3. The molecule has 0 aromatic rings. The molecule has 0 bridgehead atoms. The average molecular weight is 345 g/mol. The molecule has 0 aliphatic carbocycles. The SMILES string of the molecule is CC(N)=NCC/C(F)=C\CCCOC(C)(C)NC(=O)OC(C)(C)C. The lowest BCUT2D eigenvalue weighted by Crippen LogP contribution is -2.47. The van der Waals surface area contributed by atoms with E-state index in [1.54, 1.807) is 41.5 Å². The number of amides is 1. The summed E-state index contributed by atoms with van der Waals surface area (Å²) in [5, 5.41) is 2.65. The minimum Gasteiger partial charge on any atom is -0.444 e. The molecule has 0 fully saturated rings. The summed E-state index contributed by atoms with van der Waals surface area (Å²) in [7, 11) is 0. The molecule has 0 aliphatic rings. The highest BCUT2D eigenvalue weighted by atomic mass is 19.1. The van der Waals surface area contributed by atoms with Crippen LogP contribution in [0, 0.1) is 0 Å². The monoisotopic (exact) mass is 345 g/mol. The molecule has 24 heavy (non-hydrogen) atoms. The van der Waals surface area contributed by atoms with Crippen LogP contribution >= 0.6 is 0 Å². The van der Waals surface area contributed by atoms with Crippen LogP contribution < -0.4 is 11.1 Å². The molecule has 0 heterocycles. The fourth-order valence-corrected chi connectivity index (χ4v) is 1.70. The van der Waals surface area contributed by atoms with Crippen molar-refractivity contribution in [2.75, 3.05) is 13.2 Å². The van der Waals surface area contributed by atoms with Gasteiger partial charge < -0.3 is 15.2 Å². The number of unbranched alkanes of at least 4 members (excludes halogenated alkanes) is 1. The number of rotatable bonds is 9. The molecule has 1 amide bonds. The highest BCUT2D eigenvalue weighted by Gasteiger charge is 2.24. The van der Waals surface area contributed by atoms with Crippen LogP contribution in [0.3, 0.4) is 0 Å². The number of carbonyl (C=O) groups is 1. The predicted molar refractivity (Wildman–Crippen MR) is 94.6 cm³/mol. The lowest BCUT2D eigenvalue weighted by molar-refractivity contribution is -0.0487. The Balaban J connectivity index is 4.00. The van der Waals surface area contributed by atoms with Crippen LogP contribution in [0.4, 0.5) is 9.18 Å². The van der Waals surface area contributed by atoms with E-state index in [2.05, 4.69) is 10.3 Å². The second kappa shape index (κ2) is 10.3. The van der Waals surface area contributed by atoms with E-state index in [0.717, 1.165) is 0 Å². The maximum absolute atomic E-state index is 13.5. The molecule has 7 heteroatoms. The van der Waals surface area contributed by atoms with Gasteiger partial charge >= 0.3 is 6.09 Å². The summed E-state index contributed by atoms with van der Waals surface area (Å²) < 4.78 is 24.3. The normalized spacial score (nSPS) is 13.8. The van der Waals surface area contributed by atoms with Gasteiger partial charge in [0.25, 0.3) is 0 Å². The summed E-state index contributed by atoms with van der Waals surface area (Å²) >= 11 is 0. The number of ether oxygens (including phenoxy) is 2. The van der Waals surface area contributed by atoms with Crippen molar-refractivity contribution in [2.24, 2.45) is 10.7 Å². The fourth-order valence-electron chi connectivity index (χ4n) is 1.70. The van der Waals surface area contributed by atoms with Gasteiger partial charge in [0, 0.05) is 19.6 Å². The number of nitrogens with one attached hydrogen (secondary N) is 1. The second-order valence-corrected chi connectivity index (χ2v) is 7.05. The van der Waals surface area contributed by atoms with Gasteiger partial charge in [0.1, 0.15) is 11.3 Å². The van der Waals surface area contributed by atoms with Crippen LogP contribution in [0.25, 0.3) is 0 Å². The topological polar surface area (TPSA) is 85.9 Å². The third-order valence-corrected chi connectivity index (χ3v) is 2.69. The number of hydrogen-bond donors (Lipinski definition) is 2. The third kappa shape index (κ3) is 14.0. The first-order chi connectivity index (χ1) is 10.9. The van der Waals surface area contributed by atoms with Gasteiger partial charge in [-0.25, -0.2) is 9.18 Å². The number of alkyl carbamates (subject to hydrolysis) is 1. The number of allylic oxidation sites excluding steroid dienone is 1. The highest BCUT2D eigenvalue weighted by molar-refractivity contribution is 5.77. The van der Waals surface area contributed by atoms with Crippen molar-refractivity contribution >= 4 is 11.9 Å². The van der Waals surface area contributed by atoms with Crippen molar-refractivity contribution in [1.29, 1.82) is 0 Å². The van der Waals surface area contributed by atoms with E-state index in [4.69, 9.17) is 15.2 Å². The van der Waals surface area contributed by atoms with Crippen molar-refractivity contribution < 1.29 is 18.7 Å². The second-order valence-electron chi connectivity index (χ2n) is 7.05. The molecule has 0 aromatic carbocycles. The van der Waals surface area contributed by atoms with Gasteiger partial charge in [-0.05, 0) is 54.4 Å². The van der Waals surface area contributed by atoms with Crippen molar-refractivity contribution in [3.8, 4) is 0 Å². The van der Waals surface area contributed by atoms with Crippen molar-refractivity contribution in [2.45, 2.75) is 72.1 Å². The van der Waals surface area contributed by atoms with E-state index >= 15 is 0 Å². The van der Waals surface area contributed by atoms with Crippen molar-refractivity contribution in [1.82, 2.24) is 5.32 Å². The summed E-state index contributed by atoms with van der Waals surface area (Å²) in [6.07, 6.45) is 2.44. The number of amidine groups is 1. The molecule has 0 unspecified atom stereocenters. The zero-order valence-electron chi connectivity index (χ0n) is 15.7.